The maximum atomic E-state index is 12.6. The molecule has 1 amide bonds. The average molecular weight is 348 g/mol. The molecule has 0 aromatic heterocycles. The Labute approximate surface area is 139 Å². The van der Waals surface area contributed by atoms with Gasteiger partial charge in [0.2, 0.25) is 5.91 Å². The fourth-order valence-corrected chi connectivity index (χ4v) is 4.31. The number of aryl methyl sites for hydroxylation is 2. The molecule has 0 radical (unpaired) electrons. The van der Waals surface area contributed by atoms with Crippen molar-refractivity contribution < 1.29 is 13.2 Å². The summed E-state index contributed by atoms with van der Waals surface area (Å²) in [6.45, 7) is 3.81. The lowest BCUT2D eigenvalue weighted by atomic mass is 10.1. The molecule has 2 N–H and O–H groups in total. The number of rotatable bonds is 3. The Kier molecular flexibility index (Phi) is 4.08. The number of hydrogen-bond donors (Lipinski definition) is 2. The van der Waals surface area contributed by atoms with Crippen LogP contribution in [-0.2, 0) is 14.8 Å². The molecule has 2 aromatic carbocycles. The molecule has 0 saturated heterocycles. The van der Waals surface area contributed by atoms with Crippen molar-refractivity contribution >= 4 is 39.1 Å². The van der Waals surface area contributed by atoms with Crippen molar-refractivity contribution in [2.75, 3.05) is 15.8 Å². The highest BCUT2D eigenvalue weighted by Crippen LogP contribution is 2.33. The zero-order chi connectivity index (χ0) is 16.6. The Morgan fingerprint density at radius 3 is 2.65 bits per heavy atom. The summed E-state index contributed by atoms with van der Waals surface area (Å²) >= 11 is 1.40. The number of thioether (sulfide) groups is 1. The van der Waals surface area contributed by atoms with Gasteiger partial charge in [0.1, 0.15) is 0 Å². The van der Waals surface area contributed by atoms with E-state index >= 15 is 0 Å². The normalized spacial score (nSPS) is 14.1. The number of amides is 1. The minimum Gasteiger partial charge on any atom is -0.324 e. The average Bonchev–Trinajstić information content (AvgIpc) is 2.49. The largest absolute Gasteiger partial charge is 0.324 e. The predicted molar refractivity (Wildman–Crippen MR) is 92.5 cm³/mol. The lowest BCUT2D eigenvalue weighted by molar-refractivity contribution is -0.113. The van der Waals surface area contributed by atoms with E-state index < -0.39 is 10.0 Å². The molecule has 1 aliphatic rings. The van der Waals surface area contributed by atoms with Gasteiger partial charge < -0.3 is 5.32 Å². The fourth-order valence-electron chi connectivity index (χ4n) is 2.36. The predicted octanol–water partition coefficient (Wildman–Crippen LogP) is 3.15. The molecule has 0 saturated carbocycles. The highest BCUT2D eigenvalue weighted by atomic mass is 32.2. The molecule has 7 heteroatoms. The van der Waals surface area contributed by atoms with Crippen LogP contribution in [0.15, 0.2) is 46.2 Å². The number of carbonyl (C=O) groups excluding carboxylic acids is 1. The molecular weight excluding hydrogens is 332 g/mol. The van der Waals surface area contributed by atoms with E-state index in [2.05, 4.69) is 10.0 Å². The first-order valence-electron chi connectivity index (χ1n) is 7.02. The third-order valence-corrected chi connectivity index (χ3v) is 5.96. The van der Waals surface area contributed by atoms with Gasteiger partial charge in [0.15, 0.2) is 0 Å². The van der Waals surface area contributed by atoms with Crippen molar-refractivity contribution in [3.63, 3.8) is 0 Å². The van der Waals surface area contributed by atoms with Gasteiger partial charge in [-0.3, -0.25) is 9.52 Å². The van der Waals surface area contributed by atoms with E-state index in [9.17, 15) is 13.2 Å². The Morgan fingerprint density at radius 2 is 1.91 bits per heavy atom. The van der Waals surface area contributed by atoms with Gasteiger partial charge in [-0.1, -0.05) is 17.7 Å². The summed E-state index contributed by atoms with van der Waals surface area (Å²) in [6, 6.07) is 10.3. The van der Waals surface area contributed by atoms with Crippen LogP contribution in [0.4, 0.5) is 11.4 Å². The van der Waals surface area contributed by atoms with Gasteiger partial charge in [0.05, 0.1) is 22.0 Å². The number of benzene rings is 2. The van der Waals surface area contributed by atoms with Crippen molar-refractivity contribution in [3.8, 4) is 0 Å². The van der Waals surface area contributed by atoms with Crippen LogP contribution in [0.1, 0.15) is 11.1 Å². The van der Waals surface area contributed by atoms with Crippen LogP contribution in [0.3, 0.4) is 0 Å². The standard InChI is InChI=1S/C16H16N2O3S2/c1-10-3-5-13(11(2)7-10)18-23(20,21)12-4-6-15-14(8-12)17-16(19)9-22-15/h3-8,18H,9H2,1-2H3,(H,17,19). The second kappa shape index (κ2) is 5.90. The Hall–Kier alpha value is -1.99. The monoisotopic (exact) mass is 348 g/mol. The van der Waals surface area contributed by atoms with Gasteiger partial charge in [-0.15, -0.1) is 11.8 Å². The number of hydrogen-bond acceptors (Lipinski definition) is 4. The molecule has 3 rings (SSSR count). The molecule has 1 heterocycles. The van der Waals surface area contributed by atoms with Crippen LogP contribution in [0.5, 0.6) is 0 Å². The van der Waals surface area contributed by atoms with Crippen molar-refractivity contribution in [1.29, 1.82) is 0 Å². The summed E-state index contributed by atoms with van der Waals surface area (Å²) in [5.74, 6) is 0.222. The molecule has 0 aliphatic carbocycles. The molecule has 0 unspecified atom stereocenters. The number of sulfonamides is 1. The van der Waals surface area contributed by atoms with Gasteiger partial charge in [-0.2, -0.15) is 0 Å². The summed E-state index contributed by atoms with van der Waals surface area (Å²) in [5, 5.41) is 2.70. The number of fused-ring (bicyclic) bond motifs is 1. The van der Waals surface area contributed by atoms with Crippen LogP contribution in [0.2, 0.25) is 0 Å². The summed E-state index contributed by atoms with van der Waals surface area (Å²) < 4.78 is 27.8. The van der Waals surface area contributed by atoms with E-state index in [1.807, 2.05) is 26.0 Å². The molecule has 0 spiro atoms. The van der Waals surface area contributed by atoms with Gasteiger partial charge in [-0.05, 0) is 43.7 Å². The molecule has 5 nitrogen and oxygen atoms in total. The molecule has 0 fully saturated rings. The minimum absolute atomic E-state index is 0.124. The summed E-state index contributed by atoms with van der Waals surface area (Å²) in [5.41, 5.74) is 3.01. The van der Waals surface area contributed by atoms with E-state index in [0.717, 1.165) is 16.0 Å². The number of anilines is 2. The first kappa shape index (κ1) is 15.9. The summed E-state index contributed by atoms with van der Waals surface area (Å²) in [6.07, 6.45) is 0. The number of nitrogens with one attached hydrogen (secondary N) is 2. The summed E-state index contributed by atoms with van der Waals surface area (Å²) in [7, 11) is -3.71. The van der Waals surface area contributed by atoms with Gasteiger partial charge in [0.25, 0.3) is 10.0 Å². The van der Waals surface area contributed by atoms with E-state index in [1.54, 1.807) is 18.2 Å². The molecule has 1 aliphatic heterocycles. The molecule has 0 bridgehead atoms. The third kappa shape index (κ3) is 3.35. The molecular formula is C16H16N2O3S2. The third-order valence-electron chi connectivity index (χ3n) is 3.52. The Bertz CT molecular complexity index is 892. The van der Waals surface area contributed by atoms with E-state index in [4.69, 9.17) is 0 Å². The van der Waals surface area contributed by atoms with E-state index in [-0.39, 0.29) is 10.8 Å². The quantitative estimate of drug-likeness (QED) is 0.893. The van der Waals surface area contributed by atoms with Gasteiger partial charge in [0, 0.05) is 4.90 Å². The van der Waals surface area contributed by atoms with Crippen LogP contribution < -0.4 is 10.0 Å². The maximum absolute atomic E-state index is 12.6. The summed E-state index contributed by atoms with van der Waals surface area (Å²) in [4.78, 5) is 12.5. The second-order valence-electron chi connectivity index (χ2n) is 5.42. The van der Waals surface area contributed by atoms with E-state index in [0.29, 0.717) is 17.1 Å². The first-order chi connectivity index (χ1) is 10.8. The lowest BCUT2D eigenvalue weighted by Gasteiger charge is -2.17. The van der Waals surface area contributed by atoms with Crippen molar-refractivity contribution in [2.45, 2.75) is 23.6 Å². The van der Waals surface area contributed by atoms with Crippen molar-refractivity contribution in [2.24, 2.45) is 0 Å². The fraction of sp³-hybridized carbons (Fsp3) is 0.188. The first-order valence-corrected chi connectivity index (χ1v) is 9.49. The second-order valence-corrected chi connectivity index (χ2v) is 8.12. The minimum atomic E-state index is -3.71. The maximum Gasteiger partial charge on any atom is 0.261 e. The van der Waals surface area contributed by atoms with Crippen LogP contribution in [0.25, 0.3) is 0 Å². The van der Waals surface area contributed by atoms with Crippen molar-refractivity contribution in [3.05, 3.63) is 47.5 Å². The smallest absolute Gasteiger partial charge is 0.261 e. The topological polar surface area (TPSA) is 75.3 Å². The Morgan fingerprint density at radius 1 is 1.13 bits per heavy atom. The molecule has 120 valence electrons. The highest BCUT2D eigenvalue weighted by molar-refractivity contribution is 8.00. The van der Waals surface area contributed by atoms with Crippen molar-refractivity contribution in [1.82, 2.24) is 0 Å². The number of carbonyl (C=O) groups is 1. The van der Waals surface area contributed by atoms with Crippen LogP contribution in [0, 0.1) is 13.8 Å². The molecule has 23 heavy (non-hydrogen) atoms. The van der Waals surface area contributed by atoms with E-state index in [1.165, 1.54) is 17.8 Å². The lowest BCUT2D eigenvalue weighted by Crippen LogP contribution is -2.20. The Balaban J connectivity index is 1.93. The SMILES string of the molecule is Cc1ccc(NS(=O)(=O)c2ccc3c(c2)NC(=O)CS3)c(C)c1. The van der Waals surface area contributed by atoms with Gasteiger partial charge >= 0.3 is 0 Å². The van der Waals surface area contributed by atoms with Gasteiger partial charge in [-0.25, -0.2) is 8.42 Å². The zero-order valence-electron chi connectivity index (χ0n) is 12.7. The highest BCUT2D eigenvalue weighted by Gasteiger charge is 2.21. The van der Waals surface area contributed by atoms with Crippen LogP contribution >= 0.6 is 11.8 Å². The van der Waals surface area contributed by atoms with Crippen LogP contribution in [-0.4, -0.2) is 20.1 Å². The zero-order valence-corrected chi connectivity index (χ0v) is 14.3. The molecule has 0 atom stereocenters. The molecule has 2 aromatic rings.